The van der Waals surface area contributed by atoms with Crippen molar-refractivity contribution in [3.05, 3.63) is 0 Å². The first-order valence-corrected chi connectivity index (χ1v) is 10.9. The van der Waals surface area contributed by atoms with Gasteiger partial charge in [-0.3, -0.25) is 14.4 Å². The smallest absolute Gasteiger partial charge is 0.245 e. The molecule has 3 heterocycles. The van der Waals surface area contributed by atoms with E-state index in [9.17, 15) is 19.5 Å². The van der Waals surface area contributed by atoms with Gasteiger partial charge in [0.15, 0.2) is 0 Å². The molecule has 164 valence electrons. The highest BCUT2D eigenvalue weighted by molar-refractivity contribution is 5.99. The molecule has 3 unspecified atom stereocenters. The zero-order chi connectivity index (χ0) is 21.4. The maximum atomic E-state index is 13.4. The number of fused-ring (bicyclic) bond motifs is 1. The molecule has 3 rings (SSSR count). The van der Waals surface area contributed by atoms with Crippen molar-refractivity contribution in [1.82, 2.24) is 15.5 Å². The van der Waals surface area contributed by atoms with E-state index in [0.29, 0.717) is 19.5 Å². The summed E-state index contributed by atoms with van der Waals surface area (Å²) in [6, 6.07) is -0.822. The Morgan fingerprint density at radius 3 is 2.52 bits per heavy atom. The van der Waals surface area contributed by atoms with E-state index in [0.717, 1.165) is 19.3 Å². The van der Waals surface area contributed by atoms with Gasteiger partial charge in [-0.2, -0.15) is 0 Å². The monoisotopic (exact) mass is 409 g/mol. The van der Waals surface area contributed by atoms with Crippen LogP contribution < -0.4 is 10.6 Å². The summed E-state index contributed by atoms with van der Waals surface area (Å²) in [5.74, 6) is -2.01. The average molecular weight is 410 g/mol. The number of rotatable bonds is 9. The third kappa shape index (κ3) is 3.24. The molecule has 0 aromatic rings. The van der Waals surface area contributed by atoms with Gasteiger partial charge in [0, 0.05) is 19.6 Å². The Labute approximate surface area is 172 Å². The van der Waals surface area contributed by atoms with Gasteiger partial charge < -0.3 is 25.4 Å². The van der Waals surface area contributed by atoms with Crippen LogP contribution in [0.4, 0.5) is 0 Å². The van der Waals surface area contributed by atoms with Crippen molar-refractivity contribution in [2.45, 2.75) is 70.6 Å². The minimum atomic E-state index is -1.02. The van der Waals surface area contributed by atoms with Crippen LogP contribution in [0, 0.1) is 17.8 Å². The largest absolute Gasteiger partial charge is 0.395 e. The summed E-state index contributed by atoms with van der Waals surface area (Å²) in [5, 5.41) is 15.4. The first kappa shape index (κ1) is 22.0. The summed E-state index contributed by atoms with van der Waals surface area (Å²) in [6.07, 6.45) is 3.14. The Morgan fingerprint density at radius 2 is 1.90 bits per heavy atom. The molecule has 3 amide bonds. The van der Waals surface area contributed by atoms with Gasteiger partial charge in [-0.25, -0.2) is 0 Å². The van der Waals surface area contributed by atoms with Gasteiger partial charge in [0.2, 0.25) is 17.7 Å². The molecule has 0 saturated carbocycles. The summed E-state index contributed by atoms with van der Waals surface area (Å²) in [5.41, 5.74) is -1.81. The second kappa shape index (κ2) is 8.22. The fourth-order valence-electron chi connectivity index (χ4n) is 5.63. The molecular weight excluding hydrogens is 374 g/mol. The van der Waals surface area contributed by atoms with Crippen molar-refractivity contribution >= 4 is 17.7 Å². The normalized spacial score (nSPS) is 37.7. The molecule has 6 atom stereocenters. The molecule has 8 heteroatoms. The lowest BCUT2D eigenvalue weighted by Crippen LogP contribution is -2.56. The van der Waals surface area contributed by atoms with Crippen molar-refractivity contribution in [3.63, 3.8) is 0 Å². The van der Waals surface area contributed by atoms with Crippen LogP contribution >= 0.6 is 0 Å². The maximum absolute atomic E-state index is 13.4. The summed E-state index contributed by atoms with van der Waals surface area (Å²) >= 11 is 0. The summed E-state index contributed by atoms with van der Waals surface area (Å²) in [6.45, 7) is 8.82. The molecule has 3 aliphatic rings. The predicted octanol–water partition coefficient (Wildman–Crippen LogP) is 0.432. The molecule has 3 fully saturated rings. The Bertz CT molecular complexity index is 671. The lowest BCUT2D eigenvalue weighted by molar-refractivity contribution is -0.147. The van der Waals surface area contributed by atoms with E-state index in [2.05, 4.69) is 10.6 Å². The fourth-order valence-corrected chi connectivity index (χ4v) is 5.63. The quantitative estimate of drug-likeness (QED) is 0.479. The van der Waals surface area contributed by atoms with Gasteiger partial charge in [0.25, 0.3) is 0 Å². The van der Waals surface area contributed by atoms with Gasteiger partial charge >= 0.3 is 0 Å². The SMILES string of the molecule is CCCCNC(=O)C1N(CCO)C(=O)[C@@H]2[C@H](C(=O)NCCC)[C@@]3(C)OC12CC3C. The second-order valence-electron chi connectivity index (χ2n) is 8.89. The Balaban J connectivity index is 1.98. The molecule has 0 aromatic heterocycles. The van der Waals surface area contributed by atoms with E-state index in [4.69, 9.17) is 4.74 Å². The molecule has 3 saturated heterocycles. The predicted molar refractivity (Wildman–Crippen MR) is 107 cm³/mol. The minimum Gasteiger partial charge on any atom is -0.395 e. The van der Waals surface area contributed by atoms with Crippen molar-refractivity contribution in [1.29, 1.82) is 0 Å². The van der Waals surface area contributed by atoms with Gasteiger partial charge in [-0.15, -0.1) is 0 Å². The van der Waals surface area contributed by atoms with E-state index in [-0.39, 0.29) is 36.8 Å². The van der Waals surface area contributed by atoms with E-state index in [1.54, 1.807) is 0 Å². The third-order valence-electron chi connectivity index (χ3n) is 7.07. The average Bonchev–Trinajstić information content (AvgIpc) is 3.18. The first-order valence-electron chi connectivity index (χ1n) is 10.9. The Kier molecular flexibility index (Phi) is 6.24. The van der Waals surface area contributed by atoms with Crippen LogP contribution in [0.3, 0.4) is 0 Å². The fraction of sp³-hybridized carbons (Fsp3) is 0.857. The topological polar surface area (TPSA) is 108 Å². The number of aliphatic hydroxyl groups excluding tert-OH is 1. The molecule has 0 radical (unpaired) electrons. The molecular formula is C21H35N3O5. The number of nitrogens with zero attached hydrogens (tertiary/aromatic N) is 1. The zero-order valence-electron chi connectivity index (χ0n) is 18.0. The van der Waals surface area contributed by atoms with Crippen molar-refractivity contribution in [2.24, 2.45) is 17.8 Å². The lowest BCUT2D eigenvalue weighted by Gasteiger charge is -2.36. The number of nitrogens with one attached hydrogen (secondary N) is 2. The molecule has 29 heavy (non-hydrogen) atoms. The van der Waals surface area contributed by atoms with Crippen molar-refractivity contribution < 1.29 is 24.2 Å². The van der Waals surface area contributed by atoms with Crippen LogP contribution in [0.15, 0.2) is 0 Å². The number of unbranched alkanes of at least 4 members (excludes halogenated alkanes) is 1. The molecule has 3 aliphatic heterocycles. The Morgan fingerprint density at radius 1 is 1.21 bits per heavy atom. The number of amides is 3. The number of ether oxygens (including phenoxy) is 1. The molecule has 2 bridgehead atoms. The van der Waals surface area contributed by atoms with Crippen molar-refractivity contribution in [3.8, 4) is 0 Å². The molecule has 1 spiro atoms. The zero-order valence-corrected chi connectivity index (χ0v) is 18.0. The summed E-state index contributed by atoms with van der Waals surface area (Å²) in [4.78, 5) is 41.1. The van der Waals surface area contributed by atoms with Crippen LogP contribution in [0.1, 0.15) is 53.4 Å². The third-order valence-corrected chi connectivity index (χ3v) is 7.07. The molecule has 3 N–H and O–H groups in total. The number of β-amino-alcohol motifs (C(OH)–C–C–N with tert-alkyl or cyclic N) is 1. The van der Waals surface area contributed by atoms with E-state index < -0.39 is 29.1 Å². The number of likely N-dealkylation sites (tertiary alicyclic amines) is 1. The number of carbonyl (C=O) groups excluding carboxylic acids is 3. The highest BCUT2D eigenvalue weighted by Gasteiger charge is 2.79. The first-order chi connectivity index (χ1) is 13.8. The highest BCUT2D eigenvalue weighted by atomic mass is 16.5. The van der Waals surface area contributed by atoms with Gasteiger partial charge in [-0.05, 0) is 32.1 Å². The van der Waals surface area contributed by atoms with Crippen LogP contribution in [0.2, 0.25) is 0 Å². The van der Waals surface area contributed by atoms with Crippen LogP contribution in [0.25, 0.3) is 0 Å². The number of carbonyl (C=O) groups is 3. The van der Waals surface area contributed by atoms with Gasteiger partial charge in [0.1, 0.15) is 11.6 Å². The van der Waals surface area contributed by atoms with Gasteiger partial charge in [0.05, 0.1) is 24.0 Å². The summed E-state index contributed by atoms with van der Waals surface area (Å²) in [7, 11) is 0. The van der Waals surface area contributed by atoms with E-state index >= 15 is 0 Å². The van der Waals surface area contributed by atoms with Crippen LogP contribution in [-0.2, 0) is 19.1 Å². The van der Waals surface area contributed by atoms with Gasteiger partial charge in [-0.1, -0.05) is 27.2 Å². The number of aliphatic hydroxyl groups is 1. The molecule has 8 nitrogen and oxygen atoms in total. The van der Waals surface area contributed by atoms with E-state index in [1.165, 1.54) is 4.90 Å². The molecule has 0 aromatic carbocycles. The summed E-state index contributed by atoms with van der Waals surface area (Å²) < 4.78 is 6.52. The minimum absolute atomic E-state index is 0.0314. The lowest BCUT2D eigenvalue weighted by atomic mass is 9.62. The highest BCUT2D eigenvalue weighted by Crippen LogP contribution is 2.65. The van der Waals surface area contributed by atoms with Crippen LogP contribution in [0.5, 0.6) is 0 Å². The standard InChI is InChI=1S/C21H35N3O5/c1-5-7-9-23-18(27)16-21-12-13(3)20(4,29-21)14(17(26)22-8-6-2)15(21)19(28)24(16)10-11-25/h13-16,25H,5-12H2,1-4H3,(H,22,26)(H,23,27)/t13?,14-,15+,16?,20+,21?/m1/s1. The van der Waals surface area contributed by atoms with E-state index in [1.807, 2.05) is 27.7 Å². The van der Waals surface area contributed by atoms with Crippen molar-refractivity contribution in [2.75, 3.05) is 26.2 Å². The second-order valence-corrected chi connectivity index (χ2v) is 8.89. The Hall–Kier alpha value is -1.67. The number of hydrogen-bond donors (Lipinski definition) is 3. The molecule has 0 aliphatic carbocycles. The van der Waals surface area contributed by atoms with Crippen LogP contribution in [-0.4, -0.2) is 71.2 Å². The maximum Gasteiger partial charge on any atom is 0.245 e. The number of hydrogen-bond acceptors (Lipinski definition) is 5.